The highest BCUT2D eigenvalue weighted by Crippen LogP contribution is 2.28. The molecule has 1 fully saturated rings. The fourth-order valence-corrected chi connectivity index (χ4v) is 5.58. The lowest BCUT2D eigenvalue weighted by Crippen LogP contribution is -2.47. The number of amides is 1. The lowest BCUT2D eigenvalue weighted by Gasteiger charge is -2.32. The molecule has 0 unspecified atom stereocenters. The monoisotopic (exact) mass is 419 g/mol. The van der Waals surface area contributed by atoms with Crippen LogP contribution in [0.15, 0.2) is 41.6 Å². The lowest BCUT2D eigenvalue weighted by molar-refractivity contribution is 0.0244. The van der Waals surface area contributed by atoms with Crippen molar-refractivity contribution in [3.05, 3.63) is 36.7 Å². The van der Waals surface area contributed by atoms with Gasteiger partial charge in [0.1, 0.15) is 5.60 Å². The molecular formula is C21H29N3O4S. The second-order valence-electron chi connectivity index (χ2n) is 8.63. The molecule has 2 heterocycles. The Morgan fingerprint density at radius 1 is 1.14 bits per heavy atom. The van der Waals surface area contributed by atoms with E-state index in [1.54, 1.807) is 41.6 Å². The first-order valence-corrected chi connectivity index (χ1v) is 11.3. The predicted molar refractivity (Wildman–Crippen MR) is 112 cm³/mol. The van der Waals surface area contributed by atoms with Gasteiger partial charge in [-0.1, -0.05) is 6.07 Å². The van der Waals surface area contributed by atoms with Crippen molar-refractivity contribution in [2.24, 2.45) is 0 Å². The van der Waals surface area contributed by atoms with Gasteiger partial charge in [0.05, 0.1) is 4.90 Å². The van der Waals surface area contributed by atoms with Crippen molar-refractivity contribution in [1.29, 1.82) is 0 Å². The van der Waals surface area contributed by atoms with Crippen LogP contribution in [0.3, 0.4) is 0 Å². The van der Waals surface area contributed by atoms with E-state index in [4.69, 9.17) is 4.74 Å². The van der Waals surface area contributed by atoms with E-state index in [1.807, 2.05) is 34.6 Å². The molecule has 1 aromatic carbocycles. The molecule has 3 rings (SSSR count). The summed E-state index contributed by atoms with van der Waals surface area (Å²) in [5.41, 5.74) is -0.593. The molecule has 29 heavy (non-hydrogen) atoms. The minimum absolute atomic E-state index is 0.240. The van der Waals surface area contributed by atoms with Crippen LogP contribution in [0.4, 0.5) is 4.79 Å². The predicted octanol–water partition coefficient (Wildman–Crippen LogP) is 3.64. The Bertz CT molecular complexity index is 1000. The number of carbonyl (C=O) groups excluding carboxylic acids is 1. The molecular weight excluding hydrogens is 390 g/mol. The minimum atomic E-state index is -3.73. The van der Waals surface area contributed by atoms with Gasteiger partial charge in [0, 0.05) is 43.0 Å². The number of ether oxygens (including phenoxy) is 1. The fraction of sp³-hybridized carbons (Fsp3) is 0.524. The van der Waals surface area contributed by atoms with Crippen LogP contribution < -0.4 is 0 Å². The molecule has 2 aromatic rings. The Morgan fingerprint density at radius 2 is 1.86 bits per heavy atom. The molecule has 0 aliphatic carbocycles. The van der Waals surface area contributed by atoms with E-state index in [2.05, 4.69) is 4.98 Å². The minimum Gasteiger partial charge on any atom is -0.444 e. The van der Waals surface area contributed by atoms with Gasteiger partial charge in [-0.2, -0.15) is 4.31 Å². The number of nitrogens with zero attached hydrogens (tertiary/aromatic N) is 3. The number of benzene rings is 1. The van der Waals surface area contributed by atoms with Crippen LogP contribution in [0, 0.1) is 0 Å². The van der Waals surface area contributed by atoms with Crippen molar-refractivity contribution in [1.82, 2.24) is 14.2 Å². The molecule has 1 aromatic heterocycles. The standard InChI is InChI=1S/C21H29N3O4S/c1-15-9-11-23(20(25)28-21(3,4)5)14-16(2)24(15)29(26,27)19-7-6-18-13-22-10-8-17(18)12-19/h6-8,10,12-13,15-16H,9,11,14H2,1-5H3/t15-,16-/m0/s1. The maximum absolute atomic E-state index is 13.5. The molecule has 7 nitrogen and oxygen atoms in total. The van der Waals surface area contributed by atoms with Gasteiger partial charge < -0.3 is 9.64 Å². The average molecular weight is 420 g/mol. The SMILES string of the molecule is C[C@H]1CCN(C(=O)OC(C)(C)C)C[C@H](C)N1S(=O)(=O)c1ccc2cnccc2c1. The van der Waals surface area contributed by atoms with Gasteiger partial charge >= 0.3 is 6.09 Å². The summed E-state index contributed by atoms with van der Waals surface area (Å²) in [6, 6.07) is 6.26. The smallest absolute Gasteiger partial charge is 0.410 e. The summed E-state index contributed by atoms with van der Waals surface area (Å²) >= 11 is 0. The molecule has 2 atom stereocenters. The number of carbonyl (C=O) groups is 1. The van der Waals surface area contributed by atoms with Crippen LogP contribution in [0.5, 0.6) is 0 Å². The number of hydrogen-bond donors (Lipinski definition) is 0. The fourth-order valence-electron chi connectivity index (χ4n) is 3.70. The van der Waals surface area contributed by atoms with E-state index in [0.29, 0.717) is 13.0 Å². The molecule has 8 heteroatoms. The van der Waals surface area contributed by atoms with Gasteiger partial charge in [0.25, 0.3) is 0 Å². The number of hydrogen-bond acceptors (Lipinski definition) is 5. The summed E-state index contributed by atoms with van der Waals surface area (Å²) in [4.78, 5) is 18.4. The summed E-state index contributed by atoms with van der Waals surface area (Å²) in [5, 5.41) is 1.71. The third-order valence-electron chi connectivity index (χ3n) is 5.01. The molecule has 0 radical (unpaired) electrons. The second-order valence-corrected chi connectivity index (χ2v) is 10.5. The van der Waals surface area contributed by atoms with Crippen molar-refractivity contribution in [3.8, 4) is 0 Å². The van der Waals surface area contributed by atoms with Crippen molar-refractivity contribution < 1.29 is 17.9 Å². The van der Waals surface area contributed by atoms with Gasteiger partial charge in [0.2, 0.25) is 10.0 Å². The maximum Gasteiger partial charge on any atom is 0.410 e. The second kappa shape index (κ2) is 7.91. The van der Waals surface area contributed by atoms with Crippen molar-refractivity contribution in [3.63, 3.8) is 0 Å². The highest BCUT2D eigenvalue weighted by Gasteiger charge is 2.38. The molecule has 0 N–H and O–H groups in total. The molecule has 0 spiro atoms. The first-order chi connectivity index (χ1) is 13.5. The molecule has 1 saturated heterocycles. The largest absolute Gasteiger partial charge is 0.444 e. The maximum atomic E-state index is 13.5. The van der Waals surface area contributed by atoms with Gasteiger partial charge in [-0.3, -0.25) is 4.98 Å². The number of fused-ring (bicyclic) bond motifs is 1. The van der Waals surface area contributed by atoms with Crippen molar-refractivity contribution >= 4 is 26.9 Å². The molecule has 0 saturated carbocycles. The van der Waals surface area contributed by atoms with E-state index < -0.39 is 21.7 Å². The Morgan fingerprint density at radius 3 is 2.55 bits per heavy atom. The first kappa shape index (κ1) is 21.5. The van der Waals surface area contributed by atoms with Crippen LogP contribution in [0.2, 0.25) is 0 Å². The van der Waals surface area contributed by atoms with Crippen LogP contribution in [-0.4, -0.2) is 59.5 Å². The van der Waals surface area contributed by atoms with Gasteiger partial charge in [-0.25, -0.2) is 13.2 Å². The zero-order valence-corrected chi connectivity index (χ0v) is 18.4. The van der Waals surface area contributed by atoms with E-state index in [1.165, 1.54) is 4.31 Å². The zero-order valence-electron chi connectivity index (χ0n) is 17.6. The Hall–Kier alpha value is -2.19. The third-order valence-corrected chi connectivity index (χ3v) is 7.13. The molecule has 1 aliphatic heterocycles. The first-order valence-electron chi connectivity index (χ1n) is 9.84. The third kappa shape index (κ3) is 4.70. The quantitative estimate of drug-likeness (QED) is 0.742. The molecule has 1 aliphatic rings. The number of pyridine rings is 1. The van der Waals surface area contributed by atoms with E-state index in [-0.39, 0.29) is 23.5 Å². The van der Waals surface area contributed by atoms with Crippen LogP contribution in [0.25, 0.3) is 10.8 Å². The van der Waals surface area contributed by atoms with Crippen molar-refractivity contribution in [2.75, 3.05) is 13.1 Å². The number of aromatic nitrogens is 1. The normalized spacial score (nSPS) is 21.8. The molecule has 1 amide bonds. The Labute approximate surface area is 172 Å². The highest BCUT2D eigenvalue weighted by molar-refractivity contribution is 7.89. The van der Waals surface area contributed by atoms with Crippen LogP contribution in [0.1, 0.15) is 41.0 Å². The summed E-state index contributed by atoms with van der Waals surface area (Å²) in [6.07, 6.45) is 3.49. The Balaban J connectivity index is 1.89. The van der Waals surface area contributed by atoms with Gasteiger partial charge in [-0.15, -0.1) is 0 Å². The van der Waals surface area contributed by atoms with E-state index >= 15 is 0 Å². The summed E-state index contributed by atoms with van der Waals surface area (Å²) < 4.78 is 34.0. The van der Waals surface area contributed by atoms with Crippen LogP contribution >= 0.6 is 0 Å². The summed E-state index contributed by atoms with van der Waals surface area (Å²) in [5.74, 6) is 0. The van der Waals surface area contributed by atoms with E-state index in [0.717, 1.165) is 10.8 Å². The van der Waals surface area contributed by atoms with Crippen molar-refractivity contribution in [2.45, 2.75) is 63.6 Å². The van der Waals surface area contributed by atoms with E-state index in [9.17, 15) is 13.2 Å². The average Bonchev–Trinajstić information content (AvgIpc) is 2.78. The Kier molecular flexibility index (Phi) is 5.87. The lowest BCUT2D eigenvalue weighted by atomic mass is 10.2. The van der Waals surface area contributed by atoms with Crippen LogP contribution in [-0.2, 0) is 14.8 Å². The zero-order chi connectivity index (χ0) is 21.4. The number of rotatable bonds is 2. The van der Waals surface area contributed by atoms with Gasteiger partial charge in [0.15, 0.2) is 0 Å². The molecule has 158 valence electrons. The molecule has 0 bridgehead atoms. The summed E-state index contributed by atoms with van der Waals surface area (Å²) in [6.45, 7) is 9.92. The number of sulfonamides is 1. The topological polar surface area (TPSA) is 79.8 Å². The van der Waals surface area contributed by atoms with Gasteiger partial charge in [-0.05, 0) is 64.6 Å². The highest BCUT2D eigenvalue weighted by atomic mass is 32.2. The summed E-state index contributed by atoms with van der Waals surface area (Å²) in [7, 11) is -3.73.